The Morgan fingerprint density at radius 2 is 1.83 bits per heavy atom. The van der Waals surface area contributed by atoms with Crippen LogP contribution in [-0.2, 0) is 0 Å². The molecule has 0 unspecified atom stereocenters. The Morgan fingerprint density at radius 1 is 1.22 bits per heavy atom. The maximum atomic E-state index is 9.54. The lowest BCUT2D eigenvalue weighted by atomic mass is 10.0. The summed E-state index contributed by atoms with van der Waals surface area (Å²) >= 11 is 0. The lowest BCUT2D eigenvalue weighted by molar-refractivity contribution is 0.175. The van der Waals surface area contributed by atoms with Crippen molar-refractivity contribution < 1.29 is 10.2 Å². The summed E-state index contributed by atoms with van der Waals surface area (Å²) in [7, 11) is 0. The number of hydrogen-bond acceptors (Lipinski definition) is 5. The molecule has 0 aliphatic carbocycles. The van der Waals surface area contributed by atoms with Crippen LogP contribution in [0.3, 0.4) is 0 Å². The second-order valence-corrected chi connectivity index (χ2v) is 4.45. The van der Waals surface area contributed by atoms with Crippen molar-refractivity contribution in [2.24, 2.45) is 0 Å². The smallest absolute Gasteiger partial charge is 0.119 e. The maximum absolute atomic E-state index is 9.54. The van der Waals surface area contributed by atoms with Gasteiger partial charge >= 0.3 is 0 Å². The molecule has 1 aromatic rings. The summed E-state index contributed by atoms with van der Waals surface area (Å²) in [6.07, 6.45) is 0.350. The van der Waals surface area contributed by atoms with Gasteiger partial charge in [-0.2, -0.15) is 5.26 Å². The molecule has 5 nitrogen and oxygen atoms in total. The third-order valence-corrected chi connectivity index (χ3v) is 3.19. The van der Waals surface area contributed by atoms with Gasteiger partial charge in [-0.25, -0.2) is 0 Å². The van der Waals surface area contributed by atoms with Crippen LogP contribution in [0.5, 0.6) is 11.5 Å². The number of nitriles is 1. The largest absolute Gasteiger partial charge is 0.508 e. The minimum absolute atomic E-state index is 0.0306. The van der Waals surface area contributed by atoms with Crippen LogP contribution in [0.2, 0.25) is 0 Å². The molecule has 0 amide bonds. The Kier molecular flexibility index (Phi) is 4.03. The molecule has 0 bridgehead atoms. The van der Waals surface area contributed by atoms with E-state index in [2.05, 4.69) is 16.3 Å². The van der Waals surface area contributed by atoms with Gasteiger partial charge in [0.2, 0.25) is 0 Å². The van der Waals surface area contributed by atoms with Gasteiger partial charge in [-0.3, -0.25) is 4.90 Å². The Hall–Kier alpha value is -1.77. The number of hydrogen-bond donors (Lipinski definition) is 3. The van der Waals surface area contributed by atoms with E-state index in [1.54, 1.807) is 12.1 Å². The molecule has 5 heteroatoms. The highest BCUT2D eigenvalue weighted by Crippen LogP contribution is 2.30. The molecule has 0 saturated carbocycles. The van der Waals surface area contributed by atoms with E-state index < -0.39 is 0 Å². The quantitative estimate of drug-likeness (QED) is 0.741. The molecule has 1 aliphatic rings. The zero-order valence-corrected chi connectivity index (χ0v) is 10.1. The first-order valence-corrected chi connectivity index (χ1v) is 6.05. The van der Waals surface area contributed by atoms with Crippen LogP contribution in [0.15, 0.2) is 18.2 Å². The van der Waals surface area contributed by atoms with E-state index in [-0.39, 0.29) is 17.5 Å². The maximum Gasteiger partial charge on any atom is 0.119 e. The van der Waals surface area contributed by atoms with Crippen molar-refractivity contribution in [2.75, 3.05) is 26.2 Å². The predicted octanol–water partition coefficient (Wildman–Crippen LogP) is 0.958. The SMILES string of the molecule is N#CC[C@@H](c1cc(O)cc(O)c1)N1CCNCC1. The first-order chi connectivity index (χ1) is 8.70. The second-order valence-electron chi connectivity index (χ2n) is 4.45. The minimum atomic E-state index is -0.0740. The van der Waals surface area contributed by atoms with Gasteiger partial charge in [0.15, 0.2) is 0 Å². The van der Waals surface area contributed by atoms with Crippen LogP contribution < -0.4 is 5.32 Å². The van der Waals surface area contributed by atoms with Gasteiger partial charge in [-0.05, 0) is 17.7 Å². The zero-order chi connectivity index (χ0) is 13.0. The fourth-order valence-corrected chi connectivity index (χ4v) is 2.35. The molecule has 0 aromatic heterocycles. The van der Waals surface area contributed by atoms with Gasteiger partial charge in [0.25, 0.3) is 0 Å². The first kappa shape index (κ1) is 12.7. The topological polar surface area (TPSA) is 79.5 Å². The summed E-state index contributed by atoms with van der Waals surface area (Å²) in [5.74, 6) is 0.0612. The fourth-order valence-electron chi connectivity index (χ4n) is 2.35. The number of phenolic OH excluding ortho intramolecular Hbond substituents is 2. The van der Waals surface area contributed by atoms with E-state index in [4.69, 9.17) is 5.26 Å². The van der Waals surface area contributed by atoms with E-state index >= 15 is 0 Å². The minimum Gasteiger partial charge on any atom is -0.508 e. The fraction of sp³-hybridized carbons (Fsp3) is 0.462. The first-order valence-electron chi connectivity index (χ1n) is 6.05. The monoisotopic (exact) mass is 247 g/mol. The molecule has 96 valence electrons. The Morgan fingerprint density at radius 3 is 2.39 bits per heavy atom. The van der Waals surface area contributed by atoms with E-state index in [0.717, 1.165) is 31.7 Å². The van der Waals surface area contributed by atoms with Crippen LogP contribution in [-0.4, -0.2) is 41.3 Å². The summed E-state index contributed by atoms with van der Waals surface area (Å²) in [4.78, 5) is 2.20. The van der Waals surface area contributed by atoms with Gasteiger partial charge < -0.3 is 15.5 Å². The van der Waals surface area contributed by atoms with Crippen LogP contribution in [0.1, 0.15) is 18.0 Å². The van der Waals surface area contributed by atoms with Crippen LogP contribution >= 0.6 is 0 Å². The molecule has 2 rings (SSSR count). The highest BCUT2D eigenvalue weighted by Gasteiger charge is 2.22. The molecule has 1 aliphatic heterocycles. The standard InChI is InChI=1S/C13H17N3O2/c14-2-1-13(16-5-3-15-4-6-16)10-7-11(17)9-12(18)8-10/h7-9,13,15,17-18H,1,3-6H2/t13-/m0/s1. The third kappa shape index (κ3) is 2.92. The molecular weight excluding hydrogens is 230 g/mol. The molecule has 1 atom stereocenters. The highest BCUT2D eigenvalue weighted by molar-refractivity contribution is 5.38. The Bertz CT molecular complexity index is 430. The second kappa shape index (κ2) is 5.71. The van der Waals surface area contributed by atoms with Crippen molar-refractivity contribution in [1.82, 2.24) is 10.2 Å². The summed E-state index contributed by atoms with van der Waals surface area (Å²) in [5.41, 5.74) is 0.788. The van der Waals surface area contributed by atoms with E-state index in [1.807, 2.05) is 0 Å². The summed E-state index contributed by atoms with van der Waals surface area (Å²) < 4.78 is 0. The Labute approximate surface area is 106 Å². The average molecular weight is 247 g/mol. The molecule has 1 aromatic carbocycles. The molecule has 1 fully saturated rings. The van der Waals surface area contributed by atoms with Gasteiger partial charge in [-0.15, -0.1) is 0 Å². The number of benzene rings is 1. The van der Waals surface area contributed by atoms with Crippen molar-refractivity contribution >= 4 is 0 Å². The normalized spacial score (nSPS) is 18.2. The number of nitrogens with zero attached hydrogens (tertiary/aromatic N) is 2. The van der Waals surface area contributed by atoms with Crippen molar-refractivity contribution in [3.8, 4) is 17.6 Å². The number of rotatable bonds is 3. The number of aromatic hydroxyl groups is 2. The van der Waals surface area contributed by atoms with E-state index in [0.29, 0.717) is 6.42 Å². The molecule has 0 radical (unpaired) electrons. The predicted molar refractivity (Wildman–Crippen MR) is 67.2 cm³/mol. The van der Waals surface area contributed by atoms with E-state index in [9.17, 15) is 10.2 Å². The van der Waals surface area contributed by atoms with Crippen molar-refractivity contribution in [3.05, 3.63) is 23.8 Å². The average Bonchev–Trinajstić information content (AvgIpc) is 2.36. The van der Waals surface area contributed by atoms with Crippen molar-refractivity contribution in [1.29, 1.82) is 5.26 Å². The molecule has 3 N–H and O–H groups in total. The summed E-state index contributed by atoms with van der Waals surface area (Å²) in [6.45, 7) is 3.52. The molecule has 1 heterocycles. The van der Waals surface area contributed by atoms with Gasteiger partial charge in [0, 0.05) is 38.3 Å². The molecule has 18 heavy (non-hydrogen) atoms. The number of piperazine rings is 1. The van der Waals surface area contributed by atoms with Gasteiger partial charge in [0.1, 0.15) is 11.5 Å². The number of nitrogens with one attached hydrogen (secondary N) is 1. The summed E-state index contributed by atoms with van der Waals surface area (Å²) in [6, 6.07) is 6.63. The summed E-state index contributed by atoms with van der Waals surface area (Å²) in [5, 5.41) is 31.3. The highest BCUT2D eigenvalue weighted by atomic mass is 16.3. The molecule has 0 spiro atoms. The van der Waals surface area contributed by atoms with Gasteiger partial charge in [0.05, 0.1) is 12.5 Å². The molecular formula is C13H17N3O2. The molecule has 1 saturated heterocycles. The van der Waals surface area contributed by atoms with Crippen molar-refractivity contribution in [3.63, 3.8) is 0 Å². The van der Waals surface area contributed by atoms with E-state index in [1.165, 1.54) is 6.07 Å². The zero-order valence-electron chi connectivity index (χ0n) is 10.1. The Balaban J connectivity index is 2.25. The van der Waals surface area contributed by atoms with Crippen molar-refractivity contribution in [2.45, 2.75) is 12.5 Å². The van der Waals surface area contributed by atoms with Crippen LogP contribution in [0.4, 0.5) is 0 Å². The lowest BCUT2D eigenvalue weighted by Gasteiger charge is -2.34. The van der Waals surface area contributed by atoms with Crippen LogP contribution in [0, 0.1) is 11.3 Å². The van der Waals surface area contributed by atoms with Crippen LogP contribution in [0.25, 0.3) is 0 Å². The lowest BCUT2D eigenvalue weighted by Crippen LogP contribution is -2.45. The number of phenols is 2. The van der Waals surface area contributed by atoms with Gasteiger partial charge in [-0.1, -0.05) is 0 Å². The third-order valence-electron chi connectivity index (χ3n) is 3.19.